The molecule has 170 valence electrons. The number of carbonyl (C=O) groups is 2. The van der Waals surface area contributed by atoms with Gasteiger partial charge in [-0.3, -0.25) is 9.59 Å². The topological polar surface area (TPSA) is 65.1 Å². The summed E-state index contributed by atoms with van der Waals surface area (Å²) in [5.41, 5.74) is 0.605. The van der Waals surface area contributed by atoms with Crippen LogP contribution in [0.5, 0.6) is 5.75 Å². The minimum Gasteiger partial charge on any atom is -0.490 e. The van der Waals surface area contributed by atoms with Gasteiger partial charge in [0.15, 0.2) is 0 Å². The van der Waals surface area contributed by atoms with Crippen LogP contribution in [0.2, 0.25) is 5.02 Å². The highest BCUT2D eigenvalue weighted by Crippen LogP contribution is 2.39. The number of anilines is 1. The molecular formula is C20H20ClF4NO5. The van der Waals surface area contributed by atoms with E-state index < -0.39 is 30.4 Å². The van der Waals surface area contributed by atoms with Gasteiger partial charge < -0.3 is 14.2 Å². The van der Waals surface area contributed by atoms with E-state index in [0.29, 0.717) is 24.0 Å². The molecule has 1 heterocycles. The third kappa shape index (κ3) is 5.75. The zero-order valence-corrected chi connectivity index (χ0v) is 17.2. The Balaban J connectivity index is 1.56. The standard InChI is InChI=1S/C20H20ClF4NO5/c21-14-9-15(22)16(26-18(27)12-3-1-2-4-13(12)19(26)28)10-17(14)31-8-7-29-5-6-30-11-20(23,24)25/h9-10H,1-8,11H2. The summed E-state index contributed by atoms with van der Waals surface area (Å²) in [7, 11) is 0. The Hall–Kier alpha value is -2.17. The fourth-order valence-corrected chi connectivity index (χ4v) is 3.58. The highest BCUT2D eigenvalue weighted by Gasteiger charge is 2.41. The van der Waals surface area contributed by atoms with Crippen LogP contribution in [0.1, 0.15) is 25.7 Å². The predicted octanol–water partition coefficient (Wildman–Crippen LogP) is 4.20. The lowest BCUT2D eigenvalue weighted by atomic mass is 9.93. The van der Waals surface area contributed by atoms with Crippen molar-refractivity contribution in [1.29, 1.82) is 0 Å². The second-order valence-corrected chi connectivity index (χ2v) is 7.38. The molecule has 0 spiro atoms. The van der Waals surface area contributed by atoms with Crippen LogP contribution < -0.4 is 9.64 Å². The third-order valence-corrected chi connectivity index (χ3v) is 5.05. The summed E-state index contributed by atoms with van der Waals surface area (Å²) in [4.78, 5) is 26.1. The summed E-state index contributed by atoms with van der Waals surface area (Å²) in [6.07, 6.45) is -1.83. The predicted molar refractivity (Wildman–Crippen MR) is 103 cm³/mol. The Kier molecular flexibility index (Phi) is 7.55. The molecule has 31 heavy (non-hydrogen) atoms. The molecule has 0 unspecified atom stereocenters. The van der Waals surface area contributed by atoms with Crippen molar-refractivity contribution in [2.45, 2.75) is 31.9 Å². The van der Waals surface area contributed by atoms with Gasteiger partial charge in [0.05, 0.1) is 30.5 Å². The maximum Gasteiger partial charge on any atom is 0.411 e. The number of alkyl halides is 3. The number of imide groups is 1. The Morgan fingerprint density at radius 3 is 2.13 bits per heavy atom. The van der Waals surface area contributed by atoms with Crippen molar-refractivity contribution in [3.8, 4) is 5.75 Å². The monoisotopic (exact) mass is 465 g/mol. The summed E-state index contributed by atoms with van der Waals surface area (Å²) in [6, 6.07) is 2.13. The van der Waals surface area contributed by atoms with Crippen LogP contribution in [0.3, 0.4) is 0 Å². The zero-order valence-electron chi connectivity index (χ0n) is 16.4. The van der Waals surface area contributed by atoms with Gasteiger partial charge in [0.25, 0.3) is 11.8 Å². The van der Waals surface area contributed by atoms with Crippen molar-refractivity contribution in [1.82, 2.24) is 0 Å². The molecule has 1 aliphatic carbocycles. The van der Waals surface area contributed by atoms with Gasteiger partial charge in [-0.25, -0.2) is 9.29 Å². The first kappa shape index (κ1) is 23.5. The van der Waals surface area contributed by atoms with Crippen LogP contribution in [0.4, 0.5) is 23.2 Å². The molecule has 0 bridgehead atoms. The van der Waals surface area contributed by atoms with Crippen molar-refractivity contribution < 1.29 is 41.4 Å². The van der Waals surface area contributed by atoms with Gasteiger partial charge in [0.2, 0.25) is 0 Å². The van der Waals surface area contributed by atoms with Gasteiger partial charge in [0, 0.05) is 17.2 Å². The number of nitrogens with zero attached hydrogens (tertiary/aromatic N) is 1. The average molecular weight is 466 g/mol. The van der Waals surface area contributed by atoms with Crippen LogP contribution >= 0.6 is 11.6 Å². The smallest absolute Gasteiger partial charge is 0.411 e. The molecule has 2 aliphatic rings. The molecule has 0 N–H and O–H groups in total. The molecule has 0 radical (unpaired) electrons. The lowest BCUT2D eigenvalue weighted by molar-refractivity contribution is -0.176. The molecule has 0 saturated carbocycles. The second kappa shape index (κ2) is 9.97. The van der Waals surface area contributed by atoms with Gasteiger partial charge in [-0.05, 0) is 31.7 Å². The first-order valence-corrected chi connectivity index (χ1v) is 10.0. The minimum atomic E-state index is -4.40. The van der Waals surface area contributed by atoms with Crippen LogP contribution in [-0.4, -0.2) is 51.0 Å². The van der Waals surface area contributed by atoms with Crippen LogP contribution in [-0.2, 0) is 19.1 Å². The van der Waals surface area contributed by atoms with E-state index in [2.05, 4.69) is 4.74 Å². The number of rotatable bonds is 9. The van der Waals surface area contributed by atoms with Gasteiger partial charge in [-0.2, -0.15) is 13.2 Å². The highest BCUT2D eigenvalue weighted by atomic mass is 35.5. The zero-order chi connectivity index (χ0) is 22.6. The van der Waals surface area contributed by atoms with E-state index in [0.717, 1.165) is 23.8 Å². The summed E-state index contributed by atoms with van der Waals surface area (Å²) < 4.78 is 65.3. The van der Waals surface area contributed by atoms with Gasteiger partial charge in [-0.15, -0.1) is 0 Å². The highest BCUT2D eigenvalue weighted by molar-refractivity contribution is 6.34. The molecule has 2 amide bonds. The Labute approximate surface area is 180 Å². The SMILES string of the molecule is O=C1C2=C(CCCC2)C(=O)N1c1cc(OCCOCCOCC(F)(F)F)c(Cl)cc1F. The van der Waals surface area contributed by atoms with Crippen LogP contribution in [0.15, 0.2) is 23.3 Å². The Bertz CT molecular complexity index is 859. The number of carbonyl (C=O) groups excluding carboxylic acids is 2. The number of ether oxygens (including phenoxy) is 3. The van der Waals surface area contributed by atoms with E-state index in [1.807, 2.05) is 0 Å². The Morgan fingerprint density at radius 1 is 0.935 bits per heavy atom. The molecule has 0 atom stereocenters. The van der Waals surface area contributed by atoms with E-state index in [9.17, 15) is 27.2 Å². The maximum atomic E-state index is 14.5. The van der Waals surface area contributed by atoms with Crippen molar-refractivity contribution in [3.63, 3.8) is 0 Å². The number of amides is 2. The largest absolute Gasteiger partial charge is 0.490 e. The first-order valence-electron chi connectivity index (χ1n) is 9.64. The van der Waals surface area contributed by atoms with Gasteiger partial charge in [-0.1, -0.05) is 11.6 Å². The maximum absolute atomic E-state index is 14.5. The second-order valence-electron chi connectivity index (χ2n) is 6.97. The van der Waals surface area contributed by atoms with E-state index in [-0.39, 0.29) is 42.9 Å². The molecule has 0 aromatic heterocycles. The van der Waals surface area contributed by atoms with E-state index in [1.54, 1.807) is 0 Å². The van der Waals surface area contributed by atoms with E-state index in [4.69, 9.17) is 21.1 Å². The molecule has 3 rings (SSSR count). The normalized spacial score (nSPS) is 16.9. The van der Waals surface area contributed by atoms with Crippen LogP contribution in [0, 0.1) is 5.82 Å². The Morgan fingerprint density at radius 2 is 1.52 bits per heavy atom. The van der Waals surface area contributed by atoms with Crippen LogP contribution in [0.25, 0.3) is 0 Å². The molecule has 1 aromatic rings. The van der Waals surface area contributed by atoms with E-state index >= 15 is 0 Å². The summed E-state index contributed by atoms with van der Waals surface area (Å²) >= 11 is 6.00. The van der Waals surface area contributed by atoms with Gasteiger partial charge >= 0.3 is 6.18 Å². The molecule has 0 saturated heterocycles. The quantitative estimate of drug-likeness (QED) is 0.311. The minimum absolute atomic E-state index is 0.00977. The number of hydrogen-bond donors (Lipinski definition) is 0. The number of benzene rings is 1. The molecule has 6 nitrogen and oxygen atoms in total. The third-order valence-electron chi connectivity index (χ3n) is 4.76. The fraction of sp³-hybridized carbons (Fsp3) is 0.500. The number of hydrogen-bond acceptors (Lipinski definition) is 5. The first-order chi connectivity index (χ1) is 14.7. The molecule has 0 fully saturated rings. The summed E-state index contributed by atoms with van der Waals surface area (Å²) in [6.45, 7) is -1.70. The van der Waals surface area contributed by atoms with Crippen molar-refractivity contribution in [2.24, 2.45) is 0 Å². The average Bonchev–Trinajstić information content (AvgIpc) is 2.95. The van der Waals surface area contributed by atoms with Crippen molar-refractivity contribution in [2.75, 3.05) is 37.9 Å². The summed E-state index contributed by atoms with van der Waals surface area (Å²) in [5.74, 6) is -1.86. The molecule has 11 heteroatoms. The number of halogens is 5. The molecule has 1 aliphatic heterocycles. The molecule has 1 aromatic carbocycles. The van der Waals surface area contributed by atoms with Crippen molar-refractivity contribution >= 4 is 29.1 Å². The van der Waals surface area contributed by atoms with Gasteiger partial charge in [0.1, 0.15) is 24.8 Å². The molecular weight excluding hydrogens is 446 g/mol. The van der Waals surface area contributed by atoms with E-state index in [1.165, 1.54) is 6.07 Å². The lowest BCUT2D eigenvalue weighted by Crippen LogP contribution is -2.32. The lowest BCUT2D eigenvalue weighted by Gasteiger charge is -2.18. The fourth-order valence-electron chi connectivity index (χ4n) is 3.38. The summed E-state index contributed by atoms with van der Waals surface area (Å²) in [5, 5.41) is -0.0634. The van der Waals surface area contributed by atoms with Crippen molar-refractivity contribution in [3.05, 3.63) is 34.1 Å².